The van der Waals surface area contributed by atoms with Crippen molar-refractivity contribution in [2.24, 2.45) is 0 Å². The number of nitrogen functional groups attached to an aromatic ring is 1. The molecule has 1 nitrogen and oxygen atoms in total. The molecule has 2 aromatic rings. The van der Waals surface area contributed by atoms with Crippen molar-refractivity contribution < 1.29 is 4.39 Å². The summed E-state index contributed by atoms with van der Waals surface area (Å²) >= 11 is 1.73. The van der Waals surface area contributed by atoms with Gasteiger partial charge in [0, 0.05) is 21.0 Å². The Morgan fingerprint density at radius 1 is 1.13 bits per heavy atom. The van der Waals surface area contributed by atoms with Gasteiger partial charge in [0.05, 0.1) is 0 Å². The van der Waals surface area contributed by atoms with Crippen LogP contribution in [0.4, 0.5) is 10.1 Å². The fraction of sp³-hybridized carbons (Fsp3) is 0.167. The number of thiophene rings is 1. The molecular weight excluding hydrogens is 209 g/mol. The molecule has 0 amide bonds. The summed E-state index contributed by atoms with van der Waals surface area (Å²) < 4.78 is 12.9. The highest BCUT2D eigenvalue weighted by molar-refractivity contribution is 7.12. The van der Waals surface area contributed by atoms with Crippen molar-refractivity contribution in [3.63, 3.8) is 0 Å². The molecule has 78 valence electrons. The van der Waals surface area contributed by atoms with Gasteiger partial charge in [0.25, 0.3) is 0 Å². The lowest BCUT2D eigenvalue weighted by Gasteiger charge is -2.04. The van der Waals surface area contributed by atoms with E-state index in [0.717, 1.165) is 11.1 Å². The van der Waals surface area contributed by atoms with Crippen LogP contribution in [0, 0.1) is 19.7 Å². The van der Waals surface area contributed by atoms with Crippen molar-refractivity contribution in [3.05, 3.63) is 39.8 Å². The molecular formula is C12H12FNS. The van der Waals surface area contributed by atoms with Gasteiger partial charge in [-0.1, -0.05) is 0 Å². The number of rotatable bonds is 1. The number of hydrogen-bond donors (Lipinski definition) is 1. The Balaban J connectivity index is 2.59. The highest BCUT2D eigenvalue weighted by Gasteiger charge is 2.09. The van der Waals surface area contributed by atoms with E-state index in [4.69, 9.17) is 5.73 Å². The summed E-state index contributed by atoms with van der Waals surface area (Å²) in [5.41, 5.74) is 8.31. The molecule has 0 saturated heterocycles. The van der Waals surface area contributed by atoms with E-state index in [2.05, 4.69) is 19.9 Å². The minimum atomic E-state index is -0.291. The maximum atomic E-state index is 12.9. The summed E-state index contributed by atoms with van der Waals surface area (Å²) in [4.78, 5) is 2.46. The number of hydrogen-bond acceptors (Lipinski definition) is 2. The fourth-order valence-corrected chi connectivity index (χ4v) is 2.62. The lowest BCUT2D eigenvalue weighted by atomic mass is 10.0. The second-order valence-corrected chi connectivity index (χ2v) is 5.02. The zero-order valence-corrected chi connectivity index (χ0v) is 9.49. The normalized spacial score (nSPS) is 10.6. The van der Waals surface area contributed by atoms with Crippen LogP contribution in [-0.4, -0.2) is 0 Å². The van der Waals surface area contributed by atoms with Gasteiger partial charge in [0.1, 0.15) is 5.82 Å². The third kappa shape index (κ3) is 1.88. The number of nitrogens with two attached hydrogens (primary N) is 1. The average molecular weight is 221 g/mol. The third-order valence-corrected chi connectivity index (χ3v) is 3.31. The van der Waals surface area contributed by atoms with Crippen molar-refractivity contribution in [2.45, 2.75) is 13.8 Å². The van der Waals surface area contributed by atoms with Crippen LogP contribution in [0.1, 0.15) is 9.75 Å². The fourth-order valence-electron chi connectivity index (χ4n) is 1.68. The van der Waals surface area contributed by atoms with E-state index in [9.17, 15) is 4.39 Å². The van der Waals surface area contributed by atoms with E-state index < -0.39 is 0 Å². The molecule has 0 aliphatic heterocycles. The zero-order valence-electron chi connectivity index (χ0n) is 8.67. The summed E-state index contributed by atoms with van der Waals surface area (Å²) in [5, 5.41) is 0. The van der Waals surface area contributed by atoms with Crippen molar-refractivity contribution in [1.29, 1.82) is 0 Å². The summed E-state index contributed by atoms with van der Waals surface area (Å²) in [7, 11) is 0. The third-order valence-electron chi connectivity index (χ3n) is 2.34. The molecule has 1 aromatic carbocycles. The number of halogens is 1. The smallest absolute Gasteiger partial charge is 0.125 e. The Hall–Kier alpha value is -1.35. The molecule has 0 aliphatic carbocycles. The topological polar surface area (TPSA) is 26.0 Å². The van der Waals surface area contributed by atoms with Crippen LogP contribution < -0.4 is 5.73 Å². The van der Waals surface area contributed by atoms with Crippen LogP contribution in [0.25, 0.3) is 11.1 Å². The van der Waals surface area contributed by atoms with Gasteiger partial charge in [0.2, 0.25) is 0 Å². The minimum absolute atomic E-state index is 0.291. The first-order chi connectivity index (χ1) is 7.08. The molecule has 3 heteroatoms. The van der Waals surface area contributed by atoms with Crippen molar-refractivity contribution in [1.82, 2.24) is 0 Å². The Morgan fingerprint density at radius 2 is 1.87 bits per heavy atom. The molecule has 2 rings (SSSR count). The Bertz CT molecular complexity index is 502. The van der Waals surface area contributed by atoms with Gasteiger partial charge in [-0.2, -0.15) is 0 Å². The second kappa shape index (κ2) is 3.66. The Kier molecular flexibility index (Phi) is 2.49. The van der Waals surface area contributed by atoms with Gasteiger partial charge < -0.3 is 5.73 Å². The van der Waals surface area contributed by atoms with E-state index in [1.54, 1.807) is 17.4 Å². The van der Waals surface area contributed by atoms with Crippen LogP contribution >= 0.6 is 11.3 Å². The van der Waals surface area contributed by atoms with Crippen LogP contribution in [-0.2, 0) is 0 Å². The van der Waals surface area contributed by atoms with Gasteiger partial charge in [-0.05, 0) is 43.7 Å². The summed E-state index contributed by atoms with van der Waals surface area (Å²) in [6.07, 6.45) is 0. The zero-order chi connectivity index (χ0) is 11.0. The SMILES string of the molecule is Cc1cc(-c2ccc(F)cc2N)c(C)s1. The van der Waals surface area contributed by atoms with Gasteiger partial charge in [-0.3, -0.25) is 0 Å². The first-order valence-electron chi connectivity index (χ1n) is 4.70. The molecule has 0 unspecified atom stereocenters. The van der Waals surface area contributed by atoms with E-state index in [1.165, 1.54) is 21.9 Å². The first-order valence-corrected chi connectivity index (χ1v) is 5.52. The highest BCUT2D eigenvalue weighted by Crippen LogP contribution is 2.34. The minimum Gasteiger partial charge on any atom is -0.398 e. The standard InChI is InChI=1S/C12H12FNS/c1-7-5-11(8(2)15-7)10-4-3-9(13)6-12(10)14/h3-6H,14H2,1-2H3. The lowest BCUT2D eigenvalue weighted by molar-refractivity contribution is 0.628. The maximum Gasteiger partial charge on any atom is 0.125 e. The quantitative estimate of drug-likeness (QED) is 0.729. The lowest BCUT2D eigenvalue weighted by Crippen LogP contribution is -1.91. The van der Waals surface area contributed by atoms with Crippen LogP contribution in [0.2, 0.25) is 0 Å². The van der Waals surface area contributed by atoms with Gasteiger partial charge in [0.15, 0.2) is 0 Å². The first kappa shape index (κ1) is 10.2. The Morgan fingerprint density at radius 3 is 2.40 bits per heavy atom. The second-order valence-electron chi connectivity index (χ2n) is 3.56. The van der Waals surface area contributed by atoms with Crippen LogP contribution in [0.3, 0.4) is 0 Å². The van der Waals surface area contributed by atoms with E-state index >= 15 is 0 Å². The van der Waals surface area contributed by atoms with Gasteiger partial charge in [-0.25, -0.2) is 4.39 Å². The molecule has 0 fully saturated rings. The Labute approximate surface area is 92.4 Å². The monoisotopic (exact) mass is 221 g/mol. The maximum absolute atomic E-state index is 12.9. The molecule has 1 aromatic heterocycles. The van der Waals surface area contributed by atoms with Crippen molar-refractivity contribution in [2.75, 3.05) is 5.73 Å². The summed E-state index contributed by atoms with van der Waals surface area (Å²) in [5.74, 6) is -0.291. The van der Waals surface area contributed by atoms with E-state index in [1.807, 2.05) is 0 Å². The molecule has 15 heavy (non-hydrogen) atoms. The van der Waals surface area contributed by atoms with E-state index in [-0.39, 0.29) is 5.82 Å². The molecule has 2 N–H and O–H groups in total. The van der Waals surface area contributed by atoms with Gasteiger partial charge >= 0.3 is 0 Å². The number of benzene rings is 1. The van der Waals surface area contributed by atoms with Gasteiger partial charge in [-0.15, -0.1) is 11.3 Å². The highest BCUT2D eigenvalue weighted by atomic mass is 32.1. The predicted octanol–water partition coefficient (Wildman–Crippen LogP) is 3.75. The molecule has 0 aliphatic rings. The van der Waals surface area contributed by atoms with Crippen molar-refractivity contribution in [3.8, 4) is 11.1 Å². The number of aryl methyl sites for hydroxylation is 2. The van der Waals surface area contributed by atoms with Crippen LogP contribution in [0.15, 0.2) is 24.3 Å². The van der Waals surface area contributed by atoms with Crippen molar-refractivity contribution >= 4 is 17.0 Å². The van der Waals surface area contributed by atoms with E-state index in [0.29, 0.717) is 5.69 Å². The molecule has 0 saturated carbocycles. The van der Waals surface area contributed by atoms with Crippen LogP contribution in [0.5, 0.6) is 0 Å². The molecule has 1 heterocycles. The average Bonchev–Trinajstić information content (AvgIpc) is 2.45. The number of anilines is 1. The largest absolute Gasteiger partial charge is 0.398 e. The summed E-state index contributed by atoms with van der Waals surface area (Å²) in [6, 6.07) is 6.63. The molecule has 0 spiro atoms. The molecule has 0 atom stereocenters. The summed E-state index contributed by atoms with van der Waals surface area (Å²) in [6.45, 7) is 4.11. The predicted molar refractivity (Wildman–Crippen MR) is 63.6 cm³/mol. The molecule has 0 bridgehead atoms. The molecule has 0 radical (unpaired) electrons.